The predicted octanol–water partition coefficient (Wildman–Crippen LogP) is 1.83. The molecule has 1 aromatic carbocycles. The molecule has 1 saturated heterocycles. The maximum Gasteiger partial charge on any atom is 0.251 e. The van der Waals surface area contributed by atoms with Gasteiger partial charge in [0.25, 0.3) is 5.91 Å². The first kappa shape index (κ1) is 16.9. The Labute approximate surface area is 142 Å². The second-order valence-corrected chi connectivity index (χ2v) is 6.09. The molecule has 6 heteroatoms. The van der Waals surface area contributed by atoms with Crippen molar-refractivity contribution in [1.29, 1.82) is 0 Å². The number of hydrogen-bond acceptors (Lipinski definition) is 5. The van der Waals surface area contributed by atoms with Crippen molar-refractivity contribution in [3.63, 3.8) is 0 Å². The molecule has 6 nitrogen and oxygen atoms in total. The van der Waals surface area contributed by atoms with Crippen molar-refractivity contribution in [1.82, 2.24) is 10.6 Å². The molecule has 1 aromatic rings. The van der Waals surface area contributed by atoms with Gasteiger partial charge in [0.1, 0.15) is 0 Å². The Kier molecular flexibility index (Phi) is 5.14. The summed E-state index contributed by atoms with van der Waals surface area (Å²) in [6.07, 6.45) is 0. The molecule has 2 unspecified atom stereocenters. The summed E-state index contributed by atoms with van der Waals surface area (Å²) >= 11 is 0. The third-order valence-corrected chi connectivity index (χ3v) is 4.56. The molecule has 2 fully saturated rings. The van der Waals surface area contributed by atoms with Crippen LogP contribution in [0.1, 0.15) is 31.1 Å². The molecule has 0 aromatic heterocycles. The molecule has 24 heavy (non-hydrogen) atoms. The molecule has 1 aliphatic heterocycles. The molecule has 2 N–H and O–H groups in total. The highest BCUT2D eigenvalue weighted by atomic mass is 16.5. The van der Waals surface area contributed by atoms with Crippen LogP contribution < -0.4 is 24.8 Å². The first-order chi connectivity index (χ1) is 11.7. The van der Waals surface area contributed by atoms with E-state index in [1.165, 1.54) is 0 Å². The van der Waals surface area contributed by atoms with Crippen molar-refractivity contribution < 1.29 is 19.0 Å². The van der Waals surface area contributed by atoms with Crippen molar-refractivity contribution in [2.75, 3.05) is 32.9 Å². The third kappa shape index (κ3) is 3.29. The van der Waals surface area contributed by atoms with Crippen molar-refractivity contribution >= 4 is 5.91 Å². The van der Waals surface area contributed by atoms with Crippen molar-refractivity contribution in [3.8, 4) is 17.2 Å². The van der Waals surface area contributed by atoms with Gasteiger partial charge in [-0.15, -0.1) is 0 Å². The number of ether oxygens (including phenoxy) is 3. The Morgan fingerprint density at radius 1 is 1.04 bits per heavy atom. The molecule has 1 aliphatic carbocycles. The van der Waals surface area contributed by atoms with E-state index in [1.54, 1.807) is 12.1 Å². The van der Waals surface area contributed by atoms with Gasteiger partial charge in [0, 0.05) is 24.7 Å². The molecule has 3 rings (SSSR count). The maximum atomic E-state index is 12.6. The Hall–Kier alpha value is -1.95. The minimum atomic E-state index is -0.0839. The van der Waals surface area contributed by atoms with Crippen LogP contribution in [-0.4, -0.2) is 44.9 Å². The molecule has 1 amide bonds. The van der Waals surface area contributed by atoms with Crippen LogP contribution in [0.3, 0.4) is 0 Å². The number of carbonyl (C=O) groups excluding carboxylic acids is 1. The van der Waals surface area contributed by atoms with Crippen molar-refractivity contribution in [2.24, 2.45) is 11.8 Å². The zero-order chi connectivity index (χ0) is 17.1. The van der Waals surface area contributed by atoms with E-state index in [9.17, 15) is 4.79 Å². The fraction of sp³-hybridized carbons (Fsp3) is 0.611. The van der Waals surface area contributed by atoms with Gasteiger partial charge >= 0.3 is 0 Å². The lowest BCUT2D eigenvalue weighted by molar-refractivity contribution is 0.0945. The molecule has 1 heterocycles. The number of hydrogen-bond donors (Lipinski definition) is 2. The fourth-order valence-electron chi connectivity index (χ4n) is 3.39. The second kappa shape index (κ2) is 7.30. The van der Waals surface area contributed by atoms with E-state index in [-0.39, 0.29) is 11.9 Å². The van der Waals surface area contributed by atoms with Gasteiger partial charge in [-0.25, -0.2) is 0 Å². The highest BCUT2D eigenvalue weighted by Gasteiger charge is 2.53. The van der Waals surface area contributed by atoms with Crippen LogP contribution in [0.5, 0.6) is 17.2 Å². The number of piperidine rings is 1. The molecule has 0 bridgehead atoms. The molecule has 0 radical (unpaired) electrons. The van der Waals surface area contributed by atoms with Gasteiger partial charge in [0.15, 0.2) is 11.5 Å². The van der Waals surface area contributed by atoms with Crippen molar-refractivity contribution in [2.45, 2.75) is 26.8 Å². The fourth-order valence-corrected chi connectivity index (χ4v) is 3.39. The predicted molar refractivity (Wildman–Crippen MR) is 91.1 cm³/mol. The highest BCUT2D eigenvalue weighted by molar-refractivity contribution is 5.96. The Bertz CT molecular complexity index is 568. The average molecular weight is 334 g/mol. The number of carbonyl (C=O) groups is 1. The maximum absolute atomic E-state index is 12.6. The summed E-state index contributed by atoms with van der Waals surface area (Å²) in [5.41, 5.74) is 0.545. The molecule has 1 saturated carbocycles. The average Bonchev–Trinajstić information content (AvgIpc) is 2.99. The van der Waals surface area contributed by atoms with E-state index >= 15 is 0 Å². The lowest BCUT2D eigenvalue weighted by Gasteiger charge is -2.17. The van der Waals surface area contributed by atoms with Gasteiger partial charge in [0.05, 0.1) is 19.8 Å². The topological polar surface area (TPSA) is 68.8 Å². The largest absolute Gasteiger partial charge is 0.490 e. The number of rotatable bonds is 8. The van der Waals surface area contributed by atoms with E-state index in [1.807, 2.05) is 20.8 Å². The van der Waals surface area contributed by atoms with Crippen LogP contribution in [0, 0.1) is 11.8 Å². The Balaban J connectivity index is 1.81. The van der Waals surface area contributed by atoms with Crippen LogP contribution in [0.2, 0.25) is 0 Å². The summed E-state index contributed by atoms with van der Waals surface area (Å²) in [6.45, 7) is 9.20. The van der Waals surface area contributed by atoms with Gasteiger partial charge in [-0.3, -0.25) is 4.79 Å². The second-order valence-electron chi connectivity index (χ2n) is 6.09. The monoisotopic (exact) mass is 334 g/mol. The number of amides is 1. The SMILES string of the molecule is CCOc1cc(C(=O)NC2C3CNCC32)cc(OCC)c1OCC. The minimum absolute atomic E-state index is 0.0839. The summed E-state index contributed by atoms with van der Waals surface area (Å²) < 4.78 is 17.0. The van der Waals surface area contributed by atoms with E-state index in [4.69, 9.17) is 14.2 Å². The van der Waals surface area contributed by atoms with Gasteiger partial charge in [-0.2, -0.15) is 0 Å². The van der Waals surface area contributed by atoms with Gasteiger partial charge in [-0.05, 0) is 44.7 Å². The molecular formula is C18H26N2O4. The van der Waals surface area contributed by atoms with Crippen LogP contribution >= 0.6 is 0 Å². The van der Waals surface area contributed by atoms with Crippen LogP contribution in [-0.2, 0) is 0 Å². The minimum Gasteiger partial charge on any atom is -0.490 e. The third-order valence-electron chi connectivity index (χ3n) is 4.56. The normalized spacial score (nSPS) is 24.2. The smallest absolute Gasteiger partial charge is 0.251 e. The number of nitrogens with one attached hydrogen (secondary N) is 2. The van der Waals surface area contributed by atoms with Crippen LogP contribution in [0.4, 0.5) is 0 Å². The summed E-state index contributed by atoms with van der Waals surface area (Å²) in [5, 5.41) is 6.46. The summed E-state index contributed by atoms with van der Waals surface area (Å²) in [6, 6.07) is 3.77. The van der Waals surface area contributed by atoms with Gasteiger partial charge in [-0.1, -0.05) is 0 Å². The zero-order valence-electron chi connectivity index (χ0n) is 14.6. The standard InChI is InChI=1S/C18H26N2O4/c1-4-22-14-7-11(8-15(23-5-2)17(14)24-6-3)18(21)20-16-12-9-19-10-13(12)16/h7-8,12-13,16,19H,4-6,9-10H2,1-3H3,(H,20,21). The van der Waals surface area contributed by atoms with Crippen molar-refractivity contribution in [3.05, 3.63) is 17.7 Å². The molecule has 132 valence electrons. The summed E-state index contributed by atoms with van der Waals surface area (Å²) in [4.78, 5) is 12.6. The van der Waals surface area contributed by atoms with E-state index < -0.39 is 0 Å². The van der Waals surface area contributed by atoms with Crippen LogP contribution in [0.15, 0.2) is 12.1 Å². The Morgan fingerprint density at radius 2 is 1.58 bits per heavy atom. The lowest BCUT2D eigenvalue weighted by Crippen LogP contribution is -2.32. The van der Waals surface area contributed by atoms with E-state index in [0.717, 1.165) is 13.1 Å². The van der Waals surface area contributed by atoms with Gasteiger partial charge < -0.3 is 24.8 Å². The van der Waals surface area contributed by atoms with E-state index in [2.05, 4.69) is 10.6 Å². The van der Waals surface area contributed by atoms with E-state index in [0.29, 0.717) is 54.5 Å². The first-order valence-electron chi connectivity index (χ1n) is 8.77. The molecule has 2 atom stereocenters. The molecule has 2 aliphatic rings. The first-order valence-corrected chi connectivity index (χ1v) is 8.77. The lowest BCUT2D eigenvalue weighted by atomic mass is 10.1. The Morgan fingerprint density at radius 3 is 2.08 bits per heavy atom. The zero-order valence-corrected chi connectivity index (χ0v) is 14.6. The molecule has 0 spiro atoms. The quantitative estimate of drug-likeness (QED) is 0.759. The highest BCUT2D eigenvalue weighted by Crippen LogP contribution is 2.42. The number of benzene rings is 1. The molecular weight excluding hydrogens is 308 g/mol. The van der Waals surface area contributed by atoms with Crippen LogP contribution in [0.25, 0.3) is 0 Å². The summed E-state index contributed by atoms with van der Waals surface area (Å²) in [5.74, 6) is 2.73. The van der Waals surface area contributed by atoms with Gasteiger partial charge in [0.2, 0.25) is 5.75 Å². The number of fused-ring (bicyclic) bond motifs is 1. The summed E-state index contributed by atoms with van der Waals surface area (Å²) in [7, 11) is 0.